The lowest BCUT2D eigenvalue weighted by molar-refractivity contribution is 0.0518. The van der Waals surface area contributed by atoms with Crippen LogP contribution < -0.4 is 0 Å². The quantitative estimate of drug-likeness (QED) is 0.792. The molecule has 0 amide bonds. The second kappa shape index (κ2) is 5.73. The average molecular weight is 323 g/mol. The van der Waals surface area contributed by atoms with E-state index in [1.54, 1.807) is 25.0 Å². The molecule has 2 heterocycles. The summed E-state index contributed by atoms with van der Waals surface area (Å²) in [5.74, 6) is -0.359. The van der Waals surface area contributed by atoms with Crippen molar-refractivity contribution in [3.05, 3.63) is 40.9 Å². The van der Waals surface area contributed by atoms with E-state index in [1.165, 1.54) is 0 Å². The van der Waals surface area contributed by atoms with Crippen LogP contribution in [0.1, 0.15) is 41.7 Å². The number of esters is 1. The maximum absolute atomic E-state index is 12.1. The molecule has 4 nitrogen and oxygen atoms in total. The second-order valence-corrected chi connectivity index (χ2v) is 6.38. The molecule has 0 N–H and O–H groups in total. The maximum Gasteiger partial charge on any atom is 0.358 e. The van der Waals surface area contributed by atoms with E-state index in [1.807, 2.05) is 22.8 Å². The van der Waals surface area contributed by atoms with Gasteiger partial charge in [0.05, 0.1) is 23.2 Å². The molecule has 1 aromatic carbocycles. The summed E-state index contributed by atoms with van der Waals surface area (Å²) >= 11 is 7.79. The molecule has 1 aliphatic heterocycles. The van der Waals surface area contributed by atoms with Crippen molar-refractivity contribution < 1.29 is 9.53 Å². The zero-order valence-electron chi connectivity index (χ0n) is 11.8. The van der Waals surface area contributed by atoms with Gasteiger partial charge in [-0.3, -0.25) is 0 Å². The summed E-state index contributed by atoms with van der Waals surface area (Å²) in [5.41, 5.74) is 2.33. The van der Waals surface area contributed by atoms with Gasteiger partial charge < -0.3 is 9.30 Å². The molecule has 21 heavy (non-hydrogen) atoms. The van der Waals surface area contributed by atoms with Gasteiger partial charge in [0.2, 0.25) is 0 Å². The standard InChI is InChI=1S/C15H15ClN2O2S/c1-3-11-14-13(15(19)20-4-2)17-8-18(14)10-6-5-9(16)7-12(10)21-11/h5-8,11H,3-4H2,1-2H3. The van der Waals surface area contributed by atoms with Gasteiger partial charge in [-0.2, -0.15) is 0 Å². The molecule has 1 unspecified atom stereocenters. The number of hydrogen-bond acceptors (Lipinski definition) is 4. The number of carbonyl (C=O) groups is 1. The van der Waals surface area contributed by atoms with Crippen molar-refractivity contribution in [2.75, 3.05) is 6.61 Å². The van der Waals surface area contributed by atoms with Crippen LogP contribution in [0.2, 0.25) is 5.02 Å². The van der Waals surface area contributed by atoms with Crippen molar-refractivity contribution in [1.29, 1.82) is 0 Å². The Balaban J connectivity index is 2.14. The molecular weight excluding hydrogens is 308 g/mol. The summed E-state index contributed by atoms with van der Waals surface area (Å²) in [6.45, 7) is 4.24. The first-order chi connectivity index (χ1) is 10.2. The summed E-state index contributed by atoms with van der Waals surface area (Å²) in [7, 11) is 0. The Morgan fingerprint density at radius 3 is 3.00 bits per heavy atom. The number of thioether (sulfide) groups is 1. The highest BCUT2D eigenvalue weighted by atomic mass is 35.5. The van der Waals surface area contributed by atoms with E-state index >= 15 is 0 Å². The Kier molecular flexibility index (Phi) is 3.95. The first-order valence-electron chi connectivity index (χ1n) is 6.86. The predicted molar refractivity (Wildman–Crippen MR) is 83.4 cm³/mol. The largest absolute Gasteiger partial charge is 0.461 e. The first kappa shape index (κ1) is 14.5. The molecule has 0 radical (unpaired) electrons. The molecule has 1 atom stereocenters. The Labute approximate surface area is 132 Å². The Morgan fingerprint density at radius 2 is 2.29 bits per heavy atom. The monoisotopic (exact) mass is 322 g/mol. The third kappa shape index (κ3) is 2.45. The minimum atomic E-state index is -0.359. The lowest BCUT2D eigenvalue weighted by Crippen LogP contribution is -2.15. The molecule has 2 aromatic rings. The van der Waals surface area contributed by atoms with E-state index in [0.717, 1.165) is 22.7 Å². The van der Waals surface area contributed by atoms with E-state index in [-0.39, 0.29) is 11.2 Å². The molecule has 1 aliphatic rings. The molecule has 6 heteroatoms. The maximum atomic E-state index is 12.1. The zero-order valence-corrected chi connectivity index (χ0v) is 13.4. The van der Waals surface area contributed by atoms with Gasteiger partial charge in [-0.05, 0) is 31.5 Å². The Hall–Kier alpha value is -1.46. The van der Waals surface area contributed by atoms with Crippen LogP contribution in [0.4, 0.5) is 0 Å². The summed E-state index contributed by atoms with van der Waals surface area (Å²) < 4.78 is 7.08. The van der Waals surface area contributed by atoms with Crippen molar-refractivity contribution in [2.45, 2.75) is 30.4 Å². The zero-order chi connectivity index (χ0) is 15.0. The number of halogens is 1. The fraction of sp³-hybridized carbons (Fsp3) is 0.333. The smallest absolute Gasteiger partial charge is 0.358 e. The highest BCUT2D eigenvalue weighted by Crippen LogP contribution is 2.47. The number of hydrogen-bond donors (Lipinski definition) is 0. The van der Waals surface area contributed by atoms with Gasteiger partial charge in [0.15, 0.2) is 5.69 Å². The number of ether oxygens (including phenoxy) is 1. The van der Waals surface area contributed by atoms with Gasteiger partial charge in [-0.1, -0.05) is 18.5 Å². The molecule has 0 spiro atoms. The summed E-state index contributed by atoms with van der Waals surface area (Å²) in [5, 5.41) is 0.878. The number of fused-ring (bicyclic) bond motifs is 3. The van der Waals surface area contributed by atoms with Gasteiger partial charge >= 0.3 is 5.97 Å². The Morgan fingerprint density at radius 1 is 1.48 bits per heavy atom. The predicted octanol–water partition coefficient (Wildman–Crippen LogP) is 4.26. The first-order valence-corrected chi connectivity index (χ1v) is 8.12. The second-order valence-electron chi connectivity index (χ2n) is 4.70. The van der Waals surface area contributed by atoms with Crippen molar-refractivity contribution >= 4 is 29.3 Å². The summed E-state index contributed by atoms with van der Waals surface area (Å²) in [6.07, 6.45) is 2.59. The van der Waals surface area contributed by atoms with Crippen molar-refractivity contribution in [3.8, 4) is 5.69 Å². The molecule has 1 aromatic heterocycles. The van der Waals surface area contributed by atoms with Crippen molar-refractivity contribution in [2.24, 2.45) is 0 Å². The van der Waals surface area contributed by atoms with E-state index in [0.29, 0.717) is 17.3 Å². The molecule has 0 saturated carbocycles. The molecule has 0 saturated heterocycles. The van der Waals surface area contributed by atoms with Crippen LogP contribution in [0.25, 0.3) is 5.69 Å². The van der Waals surface area contributed by atoms with Crippen LogP contribution >= 0.6 is 23.4 Å². The topological polar surface area (TPSA) is 44.1 Å². The molecule has 0 fully saturated rings. The normalized spacial score (nSPS) is 16.2. The summed E-state index contributed by atoms with van der Waals surface area (Å²) in [6, 6.07) is 5.76. The number of imidazole rings is 1. The number of nitrogens with zero attached hydrogens (tertiary/aromatic N) is 2. The van der Waals surface area contributed by atoms with Crippen LogP contribution in [0.5, 0.6) is 0 Å². The van der Waals surface area contributed by atoms with E-state index in [9.17, 15) is 4.79 Å². The third-order valence-corrected chi connectivity index (χ3v) is 5.06. The van der Waals surface area contributed by atoms with Crippen LogP contribution in [0.15, 0.2) is 29.4 Å². The minimum Gasteiger partial charge on any atom is -0.461 e. The van der Waals surface area contributed by atoms with E-state index in [4.69, 9.17) is 16.3 Å². The molecular formula is C15H15ClN2O2S. The van der Waals surface area contributed by atoms with Crippen LogP contribution in [0, 0.1) is 0 Å². The van der Waals surface area contributed by atoms with E-state index < -0.39 is 0 Å². The SMILES string of the molecule is CCOC(=O)c1ncn2c1C(CC)Sc1cc(Cl)ccc1-2. The molecule has 0 aliphatic carbocycles. The summed E-state index contributed by atoms with van der Waals surface area (Å²) in [4.78, 5) is 17.5. The fourth-order valence-electron chi connectivity index (χ4n) is 2.48. The third-order valence-electron chi connectivity index (χ3n) is 3.40. The van der Waals surface area contributed by atoms with Gasteiger partial charge in [0.1, 0.15) is 6.33 Å². The van der Waals surface area contributed by atoms with Crippen LogP contribution in [-0.4, -0.2) is 22.1 Å². The number of rotatable bonds is 3. The van der Waals surface area contributed by atoms with E-state index in [2.05, 4.69) is 11.9 Å². The van der Waals surface area contributed by atoms with Crippen molar-refractivity contribution in [3.63, 3.8) is 0 Å². The number of aromatic nitrogens is 2. The highest BCUT2D eigenvalue weighted by molar-refractivity contribution is 7.99. The van der Waals surface area contributed by atoms with Crippen LogP contribution in [0.3, 0.4) is 0 Å². The van der Waals surface area contributed by atoms with Gasteiger partial charge in [0, 0.05) is 9.92 Å². The lowest BCUT2D eigenvalue weighted by atomic mass is 10.1. The lowest BCUT2D eigenvalue weighted by Gasteiger charge is -2.26. The van der Waals surface area contributed by atoms with Crippen molar-refractivity contribution in [1.82, 2.24) is 9.55 Å². The fourth-order valence-corrected chi connectivity index (χ4v) is 4.01. The Bertz CT molecular complexity index is 699. The molecule has 110 valence electrons. The number of benzene rings is 1. The molecule has 3 rings (SSSR count). The van der Waals surface area contributed by atoms with Gasteiger partial charge in [-0.15, -0.1) is 11.8 Å². The highest BCUT2D eigenvalue weighted by Gasteiger charge is 2.31. The van der Waals surface area contributed by atoms with Gasteiger partial charge in [0.25, 0.3) is 0 Å². The number of carbonyl (C=O) groups excluding carboxylic acids is 1. The average Bonchev–Trinajstić information content (AvgIpc) is 2.91. The van der Waals surface area contributed by atoms with Crippen LogP contribution in [-0.2, 0) is 4.74 Å². The minimum absolute atomic E-state index is 0.165. The molecule has 0 bridgehead atoms. The van der Waals surface area contributed by atoms with Gasteiger partial charge in [-0.25, -0.2) is 9.78 Å².